The Kier molecular flexibility index (Phi) is 1.85. The van der Waals surface area contributed by atoms with Crippen molar-refractivity contribution < 1.29 is 14.7 Å². The quantitative estimate of drug-likeness (QED) is 0.582. The van der Waals surface area contributed by atoms with E-state index in [1.54, 1.807) is 11.9 Å². The molecule has 15 heavy (non-hydrogen) atoms. The predicted octanol–water partition coefficient (Wildman–Crippen LogP) is -0.531. The molecule has 4 saturated heterocycles. The Morgan fingerprint density at radius 2 is 2.27 bits per heavy atom. The summed E-state index contributed by atoms with van der Waals surface area (Å²) >= 11 is 0. The number of aliphatic hydroxyl groups excluding tert-OH is 1. The van der Waals surface area contributed by atoms with Crippen molar-refractivity contribution in [1.82, 2.24) is 9.80 Å². The third kappa shape index (κ3) is 0.920. The maximum atomic E-state index is 12.1. The van der Waals surface area contributed by atoms with Gasteiger partial charge in [0.05, 0.1) is 6.10 Å². The van der Waals surface area contributed by atoms with E-state index < -0.39 is 16.3 Å². The first-order chi connectivity index (χ1) is 7.09. The van der Waals surface area contributed by atoms with Crippen molar-refractivity contribution in [2.45, 2.75) is 22.8 Å². The molecule has 0 unspecified atom stereocenters. The lowest BCUT2D eigenvalue weighted by Crippen LogP contribution is -2.71. The van der Waals surface area contributed by atoms with Crippen LogP contribution < -0.4 is 0 Å². The molecule has 2 amide bonds. The van der Waals surface area contributed by atoms with Gasteiger partial charge in [-0.2, -0.15) is 0 Å². The highest BCUT2D eigenvalue weighted by atomic mass is 33.1. The van der Waals surface area contributed by atoms with Gasteiger partial charge in [-0.15, -0.1) is 0 Å². The van der Waals surface area contributed by atoms with Crippen molar-refractivity contribution in [3.63, 3.8) is 0 Å². The lowest BCUT2D eigenvalue weighted by Gasteiger charge is -2.52. The molecular weight excluding hydrogens is 236 g/mol. The van der Waals surface area contributed by atoms with Crippen molar-refractivity contribution in [1.29, 1.82) is 0 Å². The normalized spacial score (nSPS) is 43.9. The van der Waals surface area contributed by atoms with Crippen LogP contribution in [0.15, 0.2) is 0 Å². The average Bonchev–Trinajstić information content (AvgIpc) is 2.55. The van der Waals surface area contributed by atoms with E-state index in [0.717, 1.165) is 0 Å². The number of amides is 2. The van der Waals surface area contributed by atoms with Crippen LogP contribution >= 0.6 is 21.6 Å². The number of piperazine rings is 1. The van der Waals surface area contributed by atoms with Crippen LogP contribution in [0.2, 0.25) is 0 Å². The highest BCUT2D eigenvalue weighted by Crippen LogP contribution is 2.57. The molecular formula is C8H10N2O3S2. The number of carbonyl (C=O) groups excluding carboxylic acids is 2. The second-order valence-corrected chi connectivity index (χ2v) is 6.44. The SMILES string of the molecule is CN1C(=O)[C@]23SS[C@@H]1C(=O)N2CC[C@@H]3O. The minimum absolute atomic E-state index is 0.0441. The fraction of sp³-hybridized carbons (Fsp3) is 0.750. The Morgan fingerprint density at radius 1 is 1.53 bits per heavy atom. The van der Waals surface area contributed by atoms with Gasteiger partial charge in [-0.1, -0.05) is 10.8 Å². The smallest absolute Gasteiger partial charge is 0.263 e. The average molecular weight is 246 g/mol. The summed E-state index contributed by atoms with van der Waals surface area (Å²) in [5, 5.41) is 9.52. The van der Waals surface area contributed by atoms with Crippen LogP contribution in [0.1, 0.15) is 6.42 Å². The van der Waals surface area contributed by atoms with E-state index in [1.165, 1.54) is 26.5 Å². The zero-order valence-electron chi connectivity index (χ0n) is 8.04. The lowest BCUT2D eigenvalue weighted by molar-refractivity contribution is -0.159. The summed E-state index contributed by atoms with van der Waals surface area (Å²) in [6.45, 7) is 0.490. The van der Waals surface area contributed by atoms with E-state index in [2.05, 4.69) is 0 Å². The van der Waals surface area contributed by atoms with Crippen LogP contribution in [0.25, 0.3) is 0 Å². The molecule has 4 aliphatic heterocycles. The number of rotatable bonds is 0. The van der Waals surface area contributed by atoms with E-state index in [1.807, 2.05) is 0 Å². The molecule has 4 fully saturated rings. The van der Waals surface area contributed by atoms with Crippen molar-refractivity contribution in [2.24, 2.45) is 0 Å². The zero-order valence-corrected chi connectivity index (χ0v) is 9.68. The molecule has 3 atom stereocenters. The van der Waals surface area contributed by atoms with Crippen LogP contribution in [-0.4, -0.2) is 56.7 Å². The fourth-order valence-corrected chi connectivity index (χ4v) is 5.90. The second-order valence-electron chi connectivity index (χ2n) is 3.94. The molecule has 0 aromatic rings. The molecule has 0 aromatic heterocycles. The number of hydrogen-bond acceptors (Lipinski definition) is 5. The summed E-state index contributed by atoms with van der Waals surface area (Å²) in [7, 11) is 4.34. The molecule has 0 aliphatic carbocycles. The first kappa shape index (κ1) is 9.80. The Hall–Kier alpha value is -0.400. The van der Waals surface area contributed by atoms with Gasteiger partial charge in [0, 0.05) is 13.6 Å². The lowest BCUT2D eigenvalue weighted by atomic mass is 10.1. The van der Waals surface area contributed by atoms with Crippen molar-refractivity contribution in [3.8, 4) is 0 Å². The van der Waals surface area contributed by atoms with Crippen LogP contribution in [0.5, 0.6) is 0 Å². The molecule has 4 heterocycles. The summed E-state index contributed by atoms with van der Waals surface area (Å²) in [4.78, 5) is 26.0. The highest BCUT2D eigenvalue weighted by molar-refractivity contribution is 8.78. The second kappa shape index (κ2) is 2.83. The summed E-state index contributed by atoms with van der Waals surface area (Å²) < 4.78 is 0. The molecule has 0 aromatic carbocycles. The molecule has 1 N–H and O–H groups in total. The van der Waals surface area contributed by atoms with Gasteiger partial charge >= 0.3 is 0 Å². The number of carbonyl (C=O) groups is 2. The first-order valence-corrected chi connectivity index (χ1v) is 6.91. The van der Waals surface area contributed by atoms with Gasteiger partial charge in [-0.05, 0) is 17.2 Å². The molecule has 5 nitrogen and oxygen atoms in total. The van der Waals surface area contributed by atoms with Crippen LogP contribution in [0, 0.1) is 0 Å². The first-order valence-electron chi connectivity index (χ1n) is 4.70. The van der Waals surface area contributed by atoms with Crippen LogP contribution in [0.3, 0.4) is 0 Å². The number of fused-ring (bicyclic) bond motifs is 2. The molecule has 0 radical (unpaired) electrons. The maximum Gasteiger partial charge on any atom is 0.263 e. The van der Waals surface area contributed by atoms with E-state index in [9.17, 15) is 14.7 Å². The van der Waals surface area contributed by atoms with Gasteiger partial charge in [0.25, 0.3) is 11.8 Å². The third-order valence-corrected chi connectivity index (χ3v) is 6.52. The van der Waals surface area contributed by atoms with Gasteiger partial charge in [0.15, 0.2) is 5.37 Å². The van der Waals surface area contributed by atoms with Crippen molar-refractivity contribution >= 4 is 33.4 Å². The van der Waals surface area contributed by atoms with Gasteiger partial charge < -0.3 is 14.9 Å². The summed E-state index contributed by atoms with van der Waals surface area (Å²) in [6, 6.07) is 0. The molecule has 4 rings (SSSR count). The van der Waals surface area contributed by atoms with Crippen LogP contribution in [-0.2, 0) is 9.59 Å². The Bertz CT molecular complexity index is 364. The molecule has 2 bridgehead atoms. The minimum atomic E-state index is -1.04. The molecule has 7 heteroatoms. The summed E-state index contributed by atoms with van der Waals surface area (Å²) in [5.74, 6) is -0.182. The standard InChI is InChI=1S/C8H10N2O3S2/c1-9-6-5(12)10-3-2-4(11)8(10,7(9)13)15-14-6/h4,6,11H,2-3H2,1H3/t4-,6+,8-/m0/s1. The third-order valence-electron chi connectivity index (χ3n) is 3.20. The maximum absolute atomic E-state index is 12.1. The van der Waals surface area contributed by atoms with E-state index in [-0.39, 0.29) is 11.8 Å². The molecule has 0 saturated carbocycles. The van der Waals surface area contributed by atoms with Crippen molar-refractivity contribution in [3.05, 3.63) is 0 Å². The number of nitrogens with zero attached hydrogens (tertiary/aromatic N) is 2. The largest absolute Gasteiger partial charge is 0.389 e. The van der Waals surface area contributed by atoms with Gasteiger partial charge in [-0.3, -0.25) is 9.59 Å². The summed E-state index contributed by atoms with van der Waals surface area (Å²) in [5.41, 5.74) is 0. The topological polar surface area (TPSA) is 60.9 Å². The summed E-state index contributed by atoms with van der Waals surface area (Å²) in [6.07, 6.45) is -0.249. The monoisotopic (exact) mass is 246 g/mol. The van der Waals surface area contributed by atoms with Crippen molar-refractivity contribution in [2.75, 3.05) is 13.6 Å². The van der Waals surface area contributed by atoms with E-state index in [0.29, 0.717) is 13.0 Å². The fourth-order valence-electron chi connectivity index (χ4n) is 2.34. The van der Waals surface area contributed by atoms with E-state index >= 15 is 0 Å². The van der Waals surface area contributed by atoms with Crippen LogP contribution in [0.4, 0.5) is 0 Å². The molecule has 4 aliphatic rings. The van der Waals surface area contributed by atoms with Gasteiger partial charge in [0.1, 0.15) is 0 Å². The number of likely N-dealkylation sites (N-methyl/N-ethyl adjacent to an activating group) is 1. The number of aliphatic hydroxyl groups is 1. The van der Waals surface area contributed by atoms with E-state index in [4.69, 9.17) is 0 Å². The minimum Gasteiger partial charge on any atom is -0.389 e. The predicted molar refractivity (Wildman–Crippen MR) is 56.8 cm³/mol. The molecule has 1 spiro atoms. The Labute approximate surface area is 94.6 Å². The zero-order chi connectivity index (χ0) is 10.8. The van der Waals surface area contributed by atoms with Gasteiger partial charge in [-0.25, -0.2) is 0 Å². The highest BCUT2D eigenvalue weighted by Gasteiger charge is 2.67. The molecule has 82 valence electrons. The Balaban J connectivity index is 2.14. The van der Waals surface area contributed by atoms with Gasteiger partial charge in [0.2, 0.25) is 4.87 Å². The number of hydrogen-bond donors (Lipinski definition) is 1. The Morgan fingerprint density at radius 3 is 3.00 bits per heavy atom.